The van der Waals surface area contributed by atoms with Gasteiger partial charge in [0.1, 0.15) is 0 Å². The van der Waals surface area contributed by atoms with Gasteiger partial charge in [0.05, 0.1) is 0 Å². The Hall–Kier alpha value is -1.36. The lowest BCUT2D eigenvalue weighted by molar-refractivity contribution is -0.132. The molecule has 0 aromatic rings. The molecule has 0 aliphatic heterocycles. The molecule has 0 unspecified atom stereocenters. The quantitative estimate of drug-likeness (QED) is 0.663. The number of carbonyl (C=O) groups is 2. The number of amides is 1. The smallest absolute Gasteiger partial charge is 0.330 e. The Kier molecular flexibility index (Phi) is 12.8. The molecule has 0 saturated carbocycles. The maximum Gasteiger partial charge on any atom is 0.330 e. The number of nitrogens with zero attached hydrogens (tertiary/aromatic N) is 1. The summed E-state index contributed by atoms with van der Waals surface area (Å²) in [7, 11) is 3.51. The second kappa shape index (κ2) is 9.73. The monoisotopic (exact) mass is 204 g/mol. The third-order valence-electron chi connectivity index (χ3n) is 1.17. The van der Waals surface area contributed by atoms with Crippen molar-refractivity contribution >= 4 is 11.9 Å². The fourth-order valence-corrected chi connectivity index (χ4v) is 0.316. The number of aliphatic carboxylic acids is 1. The number of hydrogen-bond acceptors (Lipinski definition) is 3. The molecule has 0 aromatic heterocycles. The SMILES string of the molecule is C=C(C)C(=O)O.CCC(=O)N(C)C.N. The van der Waals surface area contributed by atoms with Crippen molar-refractivity contribution in [2.75, 3.05) is 14.1 Å². The summed E-state index contributed by atoms with van der Waals surface area (Å²) in [4.78, 5) is 21.6. The average molecular weight is 204 g/mol. The van der Waals surface area contributed by atoms with Crippen molar-refractivity contribution in [2.24, 2.45) is 0 Å². The predicted molar refractivity (Wildman–Crippen MR) is 56.5 cm³/mol. The van der Waals surface area contributed by atoms with Crippen LogP contribution in [-0.4, -0.2) is 36.0 Å². The molecule has 0 aromatic carbocycles. The van der Waals surface area contributed by atoms with Crippen molar-refractivity contribution in [1.29, 1.82) is 0 Å². The molecule has 84 valence electrons. The number of hydrogen-bond donors (Lipinski definition) is 2. The molecule has 14 heavy (non-hydrogen) atoms. The van der Waals surface area contributed by atoms with E-state index in [1.807, 2.05) is 6.92 Å². The highest BCUT2D eigenvalue weighted by molar-refractivity contribution is 5.84. The molecule has 0 rings (SSSR count). The fraction of sp³-hybridized carbons (Fsp3) is 0.556. The lowest BCUT2D eigenvalue weighted by atomic mass is 10.4. The first kappa shape index (κ1) is 18.4. The summed E-state index contributed by atoms with van der Waals surface area (Å²) >= 11 is 0. The van der Waals surface area contributed by atoms with Crippen LogP contribution in [0.3, 0.4) is 0 Å². The van der Waals surface area contributed by atoms with Crippen LogP contribution in [0.15, 0.2) is 12.2 Å². The van der Waals surface area contributed by atoms with Crippen molar-refractivity contribution in [2.45, 2.75) is 20.3 Å². The van der Waals surface area contributed by atoms with Crippen LogP contribution < -0.4 is 6.15 Å². The van der Waals surface area contributed by atoms with Gasteiger partial charge in [-0.1, -0.05) is 13.5 Å². The average Bonchev–Trinajstić information content (AvgIpc) is 2.03. The summed E-state index contributed by atoms with van der Waals surface area (Å²) in [6.45, 7) is 6.45. The molecule has 0 spiro atoms. The summed E-state index contributed by atoms with van der Waals surface area (Å²) in [5, 5.41) is 7.89. The van der Waals surface area contributed by atoms with Crippen molar-refractivity contribution in [1.82, 2.24) is 11.1 Å². The topological polar surface area (TPSA) is 92.6 Å². The van der Waals surface area contributed by atoms with Gasteiger partial charge in [0.15, 0.2) is 0 Å². The van der Waals surface area contributed by atoms with Crippen molar-refractivity contribution < 1.29 is 14.7 Å². The Morgan fingerprint density at radius 3 is 1.64 bits per heavy atom. The van der Waals surface area contributed by atoms with E-state index >= 15 is 0 Å². The second-order valence-corrected chi connectivity index (χ2v) is 2.73. The third kappa shape index (κ3) is 13.2. The van der Waals surface area contributed by atoms with Gasteiger partial charge in [0.2, 0.25) is 5.91 Å². The van der Waals surface area contributed by atoms with Gasteiger partial charge in [0.25, 0.3) is 0 Å². The van der Waals surface area contributed by atoms with Crippen LogP contribution in [0.1, 0.15) is 20.3 Å². The van der Waals surface area contributed by atoms with Crippen molar-refractivity contribution in [3.05, 3.63) is 12.2 Å². The van der Waals surface area contributed by atoms with Gasteiger partial charge in [0, 0.05) is 26.1 Å². The van der Waals surface area contributed by atoms with Crippen LogP contribution in [0.25, 0.3) is 0 Å². The molecular formula is C9H20N2O3. The number of carboxylic acid groups (broad SMARTS) is 1. The Morgan fingerprint density at radius 1 is 1.36 bits per heavy atom. The molecule has 0 saturated heterocycles. The second-order valence-electron chi connectivity index (χ2n) is 2.73. The molecule has 0 fully saturated rings. The first-order valence-electron chi connectivity index (χ1n) is 3.91. The van der Waals surface area contributed by atoms with E-state index < -0.39 is 5.97 Å². The Bertz CT molecular complexity index is 188. The highest BCUT2D eigenvalue weighted by Gasteiger charge is 1.95. The third-order valence-corrected chi connectivity index (χ3v) is 1.17. The Balaban J connectivity index is -0.000000163. The predicted octanol–water partition coefficient (Wildman–Crippen LogP) is 1.29. The molecule has 5 nitrogen and oxygen atoms in total. The molecular weight excluding hydrogens is 184 g/mol. The van der Waals surface area contributed by atoms with Gasteiger partial charge in [-0.05, 0) is 6.92 Å². The minimum atomic E-state index is -0.935. The summed E-state index contributed by atoms with van der Waals surface area (Å²) in [5.41, 5.74) is 0.176. The van der Waals surface area contributed by atoms with Crippen molar-refractivity contribution in [3.8, 4) is 0 Å². The van der Waals surface area contributed by atoms with Crippen LogP contribution in [0.5, 0.6) is 0 Å². The number of rotatable bonds is 2. The van der Waals surface area contributed by atoms with Crippen LogP contribution in [-0.2, 0) is 9.59 Å². The highest BCUT2D eigenvalue weighted by Crippen LogP contribution is 1.81. The van der Waals surface area contributed by atoms with Crippen LogP contribution in [0.2, 0.25) is 0 Å². The summed E-state index contributed by atoms with van der Waals surface area (Å²) < 4.78 is 0. The molecule has 0 aliphatic rings. The number of carboxylic acids is 1. The van der Waals surface area contributed by atoms with Gasteiger partial charge in [-0.2, -0.15) is 0 Å². The van der Waals surface area contributed by atoms with Gasteiger partial charge in [-0.15, -0.1) is 0 Å². The van der Waals surface area contributed by atoms with E-state index in [-0.39, 0.29) is 17.6 Å². The van der Waals surface area contributed by atoms with Gasteiger partial charge < -0.3 is 16.2 Å². The zero-order valence-corrected chi connectivity index (χ0v) is 9.33. The van der Waals surface area contributed by atoms with Crippen molar-refractivity contribution in [3.63, 3.8) is 0 Å². The zero-order valence-electron chi connectivity index (χ0n) is 9.33. The maximum atomic E-state index is 10.4. The lowest BCUT2D eigenvalue weighted by Gasteiger charge is -2.05. The lowest BCUT2D eigenvalue weighted by Crippen LogP contribution is -2.19. The maximum absolute atomic E-state index is 10.4. The standard InChI is InChI=1S/C5H11NO.C4H6O2.H3N/c1-4-5(7)6(2)3;1-3(2)4(5)6;/h4H2,1-3H3;1H2,2H3,(H,5,6);1H3. The van der Waals surface area contributed by atoms with Crippen LogP contribution in [0.4, 0.5) is 0 Å². The normalized spacial score (nSPS) is 7.43. The zero-order chi connectivity index (χ0) is 11.0. The minimum Gasteiger partial charge on any atom is -0.478 e. The Morgan fingerprint density at radius 2 is 1.64 bits per heavy atom. The van der Waals surface area contributed by atoms with Gasteiger partial charge >= 0.3 is 5.97 Å². The minimum absolute atomic E-state index is 0. The Labute approximate surface area is 85.0 Å². The largest absolute Gasteiger partial charge is 0.478 e. The van der Waals surface area contributed by atoms with E-state index in [1.54, 1.807) is 19.0 Å². The number of carbonyl (C=O) groups excluding carboxylic acids is 1. The molecule has 0 atom stereocenters. The van der Waals surface area contributed by atoms with Crippen LogP contribution in [0, 0.1) is 0 Å². The van der Waals surface area contributed by atoms with E-state index in [4.69, 9.17) is 5.11 Å². The summed E-state index contributed by atoms with van der Waals surface area (Å²) in [5.74, 6) is -0.755. The van der Waals surface area contributed by atoms with Gasteiger partial charge in [-0.25, -0.2) is 4.79 Å². The fourth-order valence-electron chi connectivity index (χ4n) is 0.316. The summed E-state index contributed by atoms with van der Waals surface area (Å²) in [6, 6.07) is 0. The first-order valence-corrected chi connectivity index (χ1v) is 3.91. The van der Waals surface area contributed by atoms with E-state index in [1.165, 1.54) is 6.92 Å². The molecule has 0 radical (unpaired) electrons. The molecule has 5 heteroatoms. The molecule has 4 N–H and O–H groups in total. The van der Waals surface area contributed by atoms with E-state index in [0.29, 0.717) is 6.42 Å². The van der Waals surface area contributed by atoms with Crippen LogP contribution >= 0.6 is 0 Å². The molecule has 0 bridgehead atoms. The van der Waals surface area contributed by atoms with E-state index in [2.05, 4.69) is 6.58 Å². The molecule has 0 heterocycles. The van der Waals surface area contributed by atoms with E-state index in [0.717, 1.165) is 0 Å². The molecule has 1 amide bonds. The van der Waals surface area contributed by atoms with Gasteiger partial charge in [-0.3, -0.25) is 4.79 Å². The summed E-state index contributed by atoms with van der Waals surface area (Å²) in [6.07, 6.45) is 0.604. The highest BCUT2D eigenvalue weighted by atomic mass is 16.4. The van der Waals surface area contributed by atoms with E-state index in [9.17, 15) is 9.59 Å². The molecule has 0 aliphatic carbocycles. The first-order chi connectivity index (χ1) is 5.82.